The maximum absolute atomic E-state index is 9.72. The molecule has 1 aromatic heterocycles. The van der Waals surface area contributed by atoms with E-state index in [1.54, 1.807) is 0 Å². The van der Waals surface area contributed by atoms with Gasteiger partial charge in [0, 0.05) is 22.9 Å². The van der Waals surface area contributed by atoms with Gasteiger partial charge >= 0.3 is 0 Å². The Labute approximate surface area is 99.6 Å². The summed E-state index contributed by atoms with van der Waals surface area (Å²) in [5.41, 5.74) is 0. The average Bonchev–Trinajstić information content (AvgIpc) is 2.58. The lowest BCUT2D eigenvalue weighted by Gasteiger charge is -1.98. The van der Waals surface area contributed by atoms with Crippen LogP contribution in [0.15, 0.2) is 24.3 Å². The summed E-state index contributed by atoms with van der Waals surface area (Å²) >= 11 is 1.21. The van der Waals surface area contributed by atoms with E-state index in [0.29, 0.717) is 20.2 Å². The van der Waals surface area contributed by atoms with Gasteiger partial charge < -0.3 is 20.4 Å². The minimum atomic E-state index is -0.0578. The minimum Gasteiger partial charge on any atom is -0.508 e. The van der Waals surface area contributed by atoms with E-state index in [0.717, 1.165) is 0 Å². The third kappa shape index (κ3) is 1.36. The second-order valence-electron chi connectivity index (χ2n) is 3.79. The van der Waals surface area contributed by atoms with Gasteiger partial charge in [-0.1, -0.05) is 0 Å². The highest BCUT2D eigenvalue weighted by Crippen LogP contribution is 2.45. The van der Waals surface area contributed by atoms with Crippen LogP contribution in [0.25, 0.3) is 20.2 Å². The van der Waals surface area contributed by atoms with Gasteiger partial charge in [-0.15, -0.1) is 11.3 Å². The molecule has 0 bridgehead atoms. The summed E-state index contributed by atoms with van der Waals surface area (Å²) in [6.07, 6.45) is 0. The van der Waals surface area contributed by atoms with E-state index in [4.69, 9.17) is 0 Å². The Morgan fingerprint density at radius 1 is 0.647 bits per heavy atom. The van der Waals surface area contributed by atoms with Crippen molar-refractivity contribution in [2.75, 3.05) is 0 Å². The highest BCUT2D eigenvalue weighted by molar-refractivity contribution is 7.26. The van der Waals surface area contributed by atoms with Crippen molar-refractivity contribution < 1.29 is 20.4 Å². The van der Waals surface area contributed by atoms with E-state index in [-0.39, 0.29) is 23.0 Å². The fourth-order valence-corrected chi connectivity index (χ4v) is 3.00. The second-order valence-corrected chi connectivity index (χ2v) is 4.81. The average molecular weight is 248 g/mol. The fourth-order valence-electron chi connectivity index (χ4n) is 1.91. The van der Waals surface area contributed by atoms with Crippen LogP contribution in [0.2, 0.25) is 0 Å². The van der Waals surface area contributed by atoms with E-state index in [9.17, 15) is 20.4 Å². The number of phenols is 4. The third-order valence-electron chi connectivity index (χ3n) is 2.60. The van der Waals surface area contributed by atoms with E-state index < -0.39 is 0 Å². The van der Waals surface area contributed by atoms with Crippen molar-refractivity contribution in [1.29, 1.82) is 0 Å². The maximum atomic E-state index is 9.72. The van der Waals surface area contributed by atoms with Crippen LogP contribution < -0.4 is 0 Å². The standard InChI is InChI=1S/C12H8O4S/c13-5-1-7-8-2-6(14)4-10(16)12(8)17-11(7)9(15)3-5/h1-4,13-16H. The number of benzene rings is 2. The monoisotopic (exact) mass is 248 g/mol. The second kappa shape index (κ2) is 3.18. The van der Waals surface area contributed by atoms with Gasteiger partial charge in [0.05, 0.1) is 9.40 Å². The number of thiophene rings is 1. The summed E-state index contributed by atoms with van der Waals surface area (Å²) in [5, 5.41) is 39.5. The fraction of sp³-hybridized carbons (Fsp3) is 0. The predicted molar refractivity (Wildman–Crippen MR) is 66.0 cm³/mol. The molecule has 0 aliphatic heterocycles. The number of fused-ring (bicyclic) bond motifs is 3. The first-order valence-corrected chi connectivity index (χ1v) is 5.68. The lowest BCUT2D eigenvalue weighted by Crippen LogP contribution is -1.70. The first-order chi connectivity index (χ1) is 8.06. The normalized spacial score (nSPS) is 11.3. The van der Waals surface area contributed by atoms with Gasteiger partial charge in [-0.3, -0.25) is 0 Å². The molecular formula is C12H8O4S. The molecule has 0 aliphatic carbocycles. The van der Waals surface area contributed by atoms with Crippen LogP contribution >= 0.6 is 11.3 Å². The van der Waals surface area contributed by atoms with Gasteiger partial charge in [-0.25, -0.2) is 0 Å². The molecule has 86 valence electrons. The van der Waals surface area contributed by atoms with Crippen LogP contribution in [0.5, 0.6) is 23.0 Å². The molecule has 0 fully saturated rings. The maximum Gasteiger partial charge on any atom is 0.137 e. The molecule has 3 aromatic rings. The molecule has 0 spiro atoms. The number of phenolic OH excluding ortho intramolecular Hbond substituents is 4. The zero-order chi connectivity index (χ0) is 12.2. The Hall–Kier alpha value is -2.14. The molecule has 0 amide bonds. The molecule has 0 unspecified atom stereocenters. The van der Waals surface area contributed by atoms with Crippen molar-refractivity contribution in [1.82, 2.24) is 0 Å². The first kappa shape index (κ1) is 10.0. The molecule has 17 heavy (non-hydrogen) atoms. The summed E-state index contributed by atoms with van der Waals surface area (Å²) in [5.74, 6) is -0.199. The molecule has 3 rings (SSSR count). The molecule has 0 radical (unpaired) electrons. The molecule has 0 saturated carbocycles. The summed E-state index contributed by atoms with van der Waals surface area (Å²) in [6, 6.07) is 5.47. The predicted octanol–water partition coefficient (Wildman–Crippen LogP) is 2.88. The Morgan fingerprint density at radius 2 is 1.06 bits per heavy atom. The quantitative estimate of drug-likeness (QED) is 0.493. The van der Waals surface area contributed by atoms with Crippen LogP contribution in [0.3, 0.4) is 0 Å². The molecule has 0 saturated heterocycles. The third-order valence-corrected chi connectivity index (χ3v) is 3.87. The number of hydrogen-bond acceptors (Lipinski definition) is 5. The zero-order valence-corrected chi connectivity index (χ0v) is 9.32. The van der Waals surface area contributed by atoms with Crippen molar-refractivity contribution in [3.8, 4) is 23.0 Å². The minimum absolute atomic E-state index is 0.0416. The van der Waals surface area contributed by atoms with Crippen molar-refractivity contribution in [3.05, 3.63) is 24.3 Å². The molecule has 5 heteroatoms. The molecule has 2 aromatic carbocycles. The van der Waals surface area contributed by atoms with Crippen LogP contribution in [0, 0.1) is 0 Å². The highest BCUT2D eigenvalue weighted by Gasteiger charge is 2.13. The van der Waals surface area contributed by atoms with Gasteiger partial charge in [-0.2, -0.15) is 0 Å². The Morgan fingerprint density at radius 3 is 1.47 bits per heavy atom. The van der Waals surface area contributed by atoms with Crippen LogP contribution in [-0.4, -0.2) is 20.4 Å². The number of aromatic hydroxyl groups is 4. The van der Waals surface area contributed by atoms with Gasteiger partial charge in [0.2, 0.25) is 0 Å². The van der Waals surface area contributed by atoms with Gasteiger partial charge in [0.1, 0.15) is 23.0 Å². The lowest BCUT2D eigenvalue weighted by molar-refractivity contribution is 0.454. The van der Waals surface area contributed by atoms with Gasteiger partial charge in [-0.05, 0) is 12.1 Å². The first-order valence-electron chi connectivity index (χ1n) is 4.86. The molecular weight excluding hydrogens is 240 g/mol. The van der Waals surface area contributed by atoms with Gasteiger partial charge in [0.15, 0.2) is 0 Å². The topological polar surface area (TPSA) is 80.9 Å². The molecule has 4 nitrogen and oxygen atoms in total. The van der Waals surface area contributed by atoms with Crippen molar-refractivity contribution in [2.24, 2.45) is 0 Å². The van der Waals surface area contributed by atoms with E-state index in [1.165, 1.54) is 35.6 Å². The Bertz CT molecular complexity index is 683. The summed E-state index contributed by atoms with van der Waals surface area (Å²) in [4.78, 5) is 0. The molecule has 0 atom stereocenters. The Kier molecular flexibility index (Phi) is 1.88. The molecule has 4 N–H and O–H groups in total. The summed E-state index contributed by atoms with van der Waals surface area (Å²) < 4.78 is 1.14. The molecule has 1 heterocycles. The molecule has 0 aliphatic rings. The summed E-state index contributed by atoms with van der Waals surface area (Å²) in [7, 11) is 0. The lowest BCUT2D eigenvalue weighted by atomic mass is 10.1. The number of hydrogen-bond donors (Lipinski definition) is 4. The SMILES string of the molecule is Oc1cc(O)c2sc3c(O)cc(O)cc3c2c1. The van der Waals surface area contributed by atoms with Gasteiger partial charge in [0.25, 0.3) is 0 Å². The van der Waals surface area contributed by atoms with Crippen LogP contribution in [-0.2, 0) is 0 Å². The van der Waals surface area contributed by atoms with E-state index >= 15 is 0 Å². The highest BCUT2D eigenvalue weighted by atomic mass is 32.1. The van der Waals surface area contributed by atoms with Crippen LogP contribution in [0.4, 0.5) is 0 Å². The number of rotatable bonds is 0. The Balaban J connectivity index is 2.60. The zero-order valence-electron chi connectivity index (χ0n) is 8.51. The largest absolute Gasteiger partial charge is 0.508 e. The smallest absolute Gasteiger partial charge is 0.137 e. The van der Waals surface area contributed by atoms with E-state index in [1.807, 2.05) is 0 Å². The summed E-state index contributed by atoms with van der Waals surface area (Å²) in [6.45, 7) is 0. The van der Waals surface area contributed by atoms with Crippen molar-refractivity contribution in [3.63, 3.8) is 0 Å². The van der Waals surface area contributed by atoms with Crippen molar-refractivity contribution >= 4 is 31.5 Å². The van der Waals surface area contributed by atoms with Crippen LogP contribution in [0.1, 0.15) is 0 Å². The van der Waals surface area contributed by atoms with Crippen molar-refractivity contribution in [2.45, 2.75) is 0 Å². The van der Waals surface area contributed by atoms with E-state index in [2.05, 4.69) is 0 Å².